The van der Waals surface area contributed by atoms with E-state index >= 15 is 0 Å². The van der Waals surface area contributed by atoms with E-state index in [-0.39, 0.29) is 0 Å². The minimum atomic E-state index is -0.559. The molecule has 0 atom stereocenters. The molecule has 90 valence electrons. The molecule has 0 rings (SSSR count). The second kappa shape index (κ2) is 7.85. The van der Waals surface area contributed by atoms with Gasteiger partial charge >= 0.3 is 11.9 Å². The summed E-state index contributed by atoms with van der Waals surface area (Å²) in [6.45, 7) is 7.24. The van der Waals surface area contributed by atoms with Crippen LogP contribution >= 0.6 is 0 Å². The molecular formula is C13H20O3. The Morgan fingerprint density at radius 1 is 1.00 bits per heavy atom. The number of carbonyl (C=O) groups is 2. The zero-order valence-corrected chi connectivity index (χ0v) is 10.5. The molecule has 0 heterocycles. The molecule has 0 unspecified atom stereocenters. The summed E-state index contributed by atoms with van der Waals surface area (Å²) in [5.74, 6) is -1.11. The first-order valence-corrected chi connectivity index (χ1v) is 5.62. The third-order valence-electron chi connectivity index (χ3n) is 2.08. The van der Waals surface area contributed by atoms with Crippen molar-refractivity contribution >= 4 is 11.9 Å². The number of unbranched alkanes of at least 4 members (excludes halogenated alkanes) is 1. The number of ether oxygens (including phenoxy) is 1. The number of allylic oxidation sites excluding steroid dienone is 2. The summed E-state index contributed by atoms with van der Waals surface area (Å²) in [5, 5.41) is 0. The second-order valence-corrected chi connectivity index (χ2v) is 3.65. The van der Waals surface area contributed by atoms with Gasteiger partial charge in [-0.3, -0.25) is 0 Å². The van der Waals surface area contributed by atoms with E-state index in [9.17, 15) is 9.59 Å². The zero-order valence-electron chi connectivity index (χ0n) is 10.5. The molecule has 0 fully saturated rings. The molecule has 3 nitrogen and oxygen atoms in total. The highest BCUT2D eigenvalue weighted by Crippen LogP contribution is 2.04. The average molecular weight is 224 g/mol. The minimum absolute atomic E-state index is 0.471. The fourth-order valence-corrected chi connectivity index (χ4v) is 1.08. The predicted octanol–water partition coefficient (Wildman–Crippen LogP) is 3.16. The van der Waals surface area contributed by atoms with Crippen LogP contribution in [0.5, 0.6) is 0 Å². The molecule has 0 spiro atoms. The molecule has 0 aromatic carbocycles. The van der Waals surface area contributed by atoms with E-state index in [2.05, 4.69) is 0 Å². The number of esters is 2. The first-order valence-electron chi connectivity index (χ1n) is 5.62. The van der Waals surface area contributed by atoms with Crippen molar-refractivity contribution in [3.05, 3.63) is 23.3 Å². The molecule has 0 saturated carbocycles. The van der Waals surface area contributed by atoms with Gasteiger partial charge < -0.3 is 4.74 Å². The van der Waals surface area contributed by atoms with Gasteiger partial charge in [-0.2, -0.15) is 0 Å². The third kappa shape index (κ3) is 5.49. The van der Waals surface area contributed by atoms with Crippen LogP contribution in [0, 0.1) is 0 Å². The molecule has 0 aliphatic heterocycles. The normalized spacial score (nSPS) is 12.5. The van der Waals surface area contributed by atoms with Crippen LogP contribution in [0.15, 0.2) is 23.3 Å². The second-order valence-electron chi connectivity index (χ2n) is 3.65. The number of carbonyl (C=O) groups excluding carboxylic acids is 2. The van der Waals surface area contributed by atoms with Crippen molar-refractivity contribution in [2.24, 2.45) is 0 Å². The molecule has 0 aliphatic rings. The maximum absolute atomic E-state index is 11.4. The van der Waals surface area contributed by atoms with E-state index < -0.39 is 11.9 Å². The average Bonchev–Trinajstić information content (AvgIpc) is 2.25. The van der Waals surface area contributed by atoms with E-state index in [0.29, 0.717) is 11.1 Å². The first-order chi connectivity index (χ1) is 7.52. The third-order valence-corrected chi connectivity index (χ3v) is 2.08. The fourth-order valence-electron chi connectivity index (χ4n) is 1.08. The Kier molecular flexibility index (Phi) is 7.18. The van der Waals surface area contributed by atoms with E-state index in [0.717, 1.165) is 19.3 Å². The van der Waals surface area contributed by atoms with Crippen molar-refractivity contribution in [2.75, 3.05) is 0 Å². The summed E-state index contributed by atoms with van der Waals surface area (Å²) >= 11 is 0. The van der Waals surface area contributed by atoms with Crippen molar-refractivity contribution in [1.29, 1.82) is 0 Å². The zero-order chi connectivity index (χ0) is 12.6. The summed E-state index contributed by atoms with van der Waals surface area (Å²) in [6, 6.07) is 0. The van der Waals surface area contributed by atoms with Gasteiger partial charge in [-0.05, 0) is 26.7 Å². The summed E-state index contributed by atoms with van der Waals surface area (Å²) in [7, 11) is 0. The first kappa shape index (κ1) is 14.6. The predicted molar refractivity (Wildman–Crippen MR) is 63.8 cm³/mol. The number of rotatable bonds is 5. The van der Waals surface area contributed by atoms with Crippen LogP contribution in [0.4, 0.5) is 0 Å². The molecule has 0 radical (unpaired) electrons. The number of hydrogen-bond acceptors (Lipinski definition) is 3. The Balaban J connectivity index is 4.35. The molecule has 0 aliphatic carbocycles. The van der Waals surface area contributed by atoms with Gasteiger partial charge in [0.2, 0.25) is 0 Å². The van der Waals surface area contributed by atoms with Crippen LogP contribution in [0.2, 0.25) is 0 Å². The lowest BCUT2D eigenvalue weighted by Gasteiger charge is -2.03. The minimum Gasteiger partial charge on any atom is -0.386 e. The molecule has 0 aromatic rings. The van der Waals surface area contributed by atoms with Gasteiger partial charge in [-0.1, -0.05) is 32.4 Å². The standard InChI is InChI=1S/C13H20O3/c1-5-7-9-11(4)13(15)16-12(14)10(3)8-6-2/h8-9H,5-7H2,1-4H3. The van der Waals surface area contributed by atoms with Crippen molar-refractivity contribution < 1.29 is 14.3 Å². The van der Waals surface area contributed by atoms with Crippen molar-refractivity contribution in [3.63, 3.8) is 0 Å². The Labute approximate surface area is 97.2 Å². The molecular weight excluding hydrogens is 204 g/mol. The number of hydrogen-bond donors (Lipinski definition) is 0. The Morgan fingerprint density at radius 3 is 1.94 bits per heavy atom. The molecule has 0 aromatic heterocycles. The molecule has 0 amide bonds. The van der Waals surface area contributed by atoms with Crippen molar-refractivity contribution in [2.45, 2.75) is 47.0 Å². The summed E-state index contributed by atoms with van der Waals surface area (Å²) in [4.78, 5) is 22.8. The van der Waals surface area contributed by atoms with Gasteiger partial charge in [-0.25, -0.2) is 9.59 Å². The Bertz CT molecular complexity index is 311. The molecule has 0 N–H and O–H groups in total. The van der Waals surface area contributed by atoms with Crippen molar-refractivity contribution in [1.82, 2.24) is 0 Å². The smallest absolute Gasteiger partial charge is 0.341 e. The van der Waals surface area contributed by atoms with Gasteiger partial charge in [0, 0.05) is 11.1 Å². The van der Waals surface area contributed by atoms with Gasteiger partial charge in [0.25, 0.3) is 0 Å². The maximum atomic E-state index is 11.4. The monoisotopic (exact) mass is 224 g/mol. The molecule has 0 saturated heterocycles. The molecule has 3 heteroatoms. The summed E-state index contributed by atoms with van der Waals surface area (Å²) in [5.41, 5.74) is 0.957. The van der Waals surface area contributed by atoms with Crippen LogP contribution in [0.25, 0.3) is 0 Å². The van der Waals surface area contributed by atoms with Gasteiger partial charge in [0.15, 0.2) is 0 Å². The highest BCUT2D eigenvalue weighted by molar-refractivity contribution is 6.01. The fraction of sp³-hybridized carbons (Fsp3) is 0.538. The highest BCUT2D eigenvalue weighted by Gasteiger charge is 2.13. The largest absolute Gasteiger partial charge is 0.386 e. The Hall–Kier alpha value is -1.38. The Morgan fingerprint density at radius 2 is 1.50 bits per heavy atom. The van der Waals surface area contributed by atoms with Gasteiger partial charge in [0.05, 0.1) is 0 Å². The van der Waals surface area contributed by atoms with E-state index in [1.165, 1.54) is 0 Å². The van der Waals surface area contributed by atoms with Gasteiger partial charge in [-0.15, -0.1) is 0 Å². The summed E-state index contributed by atoms with van der Waals surface area (Å²) < 4.78 is 4.71. The van der Waals surface area contributed by atoms with E-state index in [1.807, 2.05) is 13.8 Å². The van der Waals surface area contributed by atoms with Crippen LogP contribution in [0.3, 0.4) is 0 Å². The molecule has 0 bridgehead atoms. The van der Waals surface area contributed by atoms with E-state index in [1.54, 1.807) is 26.0 Å². The quantitative estimate of drug-likeness (QED) is 0.409. The van der Waals surface area contributed by atoms with Crippen LogP contribution < -0.4 is 0 Å². The topological polar surface area (TPSA) is 43.4 Å². The van der Waals surface area contributed by atoms with Crippen LogP contribution in [-0.4, -0.2) is 11.9 Å². The highest BCUT2D eigenvalue weighted by atomic mass is 16.6. The lowest BCUT2D eigenvalue weighted by Crippen LogP contribution is -2.14. The SMILES string of the molecule is CCC=C(C)C(=O)OC(=O)C(C)=CCCC. The van der Waals surface area contributed by atoms with E-state index in [4.69, 9.17) is 4.74 Å². The van der Waals surface area contributed by atoms with Crippen LogP contribution in [-0.2, 0) is 14.3 Å². The summed E-state index contributed by atoms with van der Waals surface area (Å²) in [6.07, 6.45) is 6.06. The lowest BCUT2D eigenvalue weighted by molar-refractivity contribution is -0.153. The maximum Gasteiger partial charge on any atom is 0.341 e. The molecule has 16 heavy (non-hydrogen) atoms. The van der Waals surface area contributed by atoms with Gasteiger partial charge in [0.1, 0.15) is 0 Å². The van der Waals surface area contributed by atoms with Crippen LogP contribution in [0.1, 0.15) is 47.0 Å². The lowest BCUT2D eigenvalue weighted by atomic mass is 10.2. The van der Waals surface area contributed by atoms with Crippen molar-refractivity contribution in [3.8, 4) is 0 Å².